The lowest BCUT2D eigenvalue weighted by atomic mass is 10.1. The Morgan fingerprint density at radius 2 is 1.79 bits per heavy atom. The zero-order chi connectivity index (χ0) is 19.7. The van der Waals surface area contributed by atoms with E-state index in [9.17, 15) is 14.0 Å². The van der Waals surface area contributed by atoms with Gasteiger partial charge in [0.15, 0.2) is 0 Å². The molecular weight excluding hydrogens is 357 g/mol. The maximum atomic E-state index is 14.0. The van der Waals surface area contributed by atoms with Gasteiger partial charge in [0, 0.05) is 44.8 Å². The Labute approximate surface area is 164 Å². The Balaban J connectivity index is 1.38. The molecule has 2 fully saturated rings. The van der Waals surface area contributed by atoms with E-state index < -0.39 is 11.7 Å². The SMILES string of the molecule is Cc1cccc(N2CCN(C(=O)[C@H]3CC(=O)N(c4ccccc4F)C3)CC2)c1. The van der Waals surface area contributed by atoms with E-state index >= 15 is 0 Å². The number of halogens is 1. The fraction of sp³-hybridized carbons (Fsp3) is 0.364. The first-order valence-corrected chi connectivity index (χ1v) is 9.68. The summed E-state index contributed by atoms with van der Waals surface area (Å²) < 4.78 is 14.0. The van der Waals surface area contributed by atoms with E-state index in [2.05, 4.69) is 30.0 Å². The summed E-state index contributed by atoms with van der Waals surface area (Å²) in [6.45, 7) is 5.13. The molecule has 2 aromatic rings. The molecule has 2 aromatic carbocycles. The summed E-state index contributed by atoms with van der Waals surface area (Å²) in [5.41, 5.74) is 2.65. The summed E-state index contributed by atoms with van der Waals surface area (Å²) >= 11 is 0. The van der Waals surface area contributed by atoms with Crippen molar-refractivity contribution in [3.63, 3.8) is 0 Å². The van der Waals surface area contributed by atoms with Crippen molar-refractivity contribution >= 4 is 23.2 Å². The number of carbonyl (C=O) groups excluding carboxylic acids is 2. The number of piperazine rings is 1. The maximum absolute atomic E-state index is 14.0. The fourth-order valence-electron chi connectivity index (χ4n) is 4.04. The highest BCUT2D eigenvalue weighted by Gasteiger charge is 2.38. The van der Waals surface area contributed by atoms with Crippen LogP contribution < -0.4 is 9.80 Å². The topological polar surface area (TPSA) is 43.9 Å². The van der Waals surface area contributed by atoms with Gasteiger partial charge in [-0.1, -0.05) is 24.3 Å². The summed E-state index contributed by atoms with van der Waals surface area (Å²) in [6.07, 6.45) is 0.144. The Bertz CT molecular complexity index is 893. The predicted molar refractivity (Wildman–Crippen MR) is 107 cm³/mol. The molecule has 0 radical (unpaired) electrons. The van der Waals surface area contributed by atoms with Crippen LogP contribution in [0.2, 0.25) is 0 Å². The number of benzene rings is 2. The molecule has 146 valence electrons. The molecule has 2 heterocycles. The summed E-state index contributed by atoms with van der Waals surface area (Å²) in [5.74, 6) is -1.04. The van der Waals surface area contributed by atoms with Gasteiger partial charge in [0.1, 0.15) is 5.82 Å². The second-order valence-corrected chi connectivity index (χ2v) is 7.51. The number of para-hydroxylation sites is 1. The Kier molecular flexibility index (Phi) is 5.03. The molecule has 2 aliphatic heterocycles. The van der Waals surface area contributed by atoms with Gasteiger partial charge in [0.2, 0.25) is 11.8 Å². The molecule has 5 nitrogen and oxygen atoms in total. The number of nitrogens with zero attached hydrogens (tertiary/aromatic N) is 3. The van der Waals surface area contributed by atoms with E-state index in [-0.39, 0.29) is 30.5 Å². The summed E-state index contributed by atoms with van der Waals surface area (Å²) in [7, 11) is 0. The first-order chi connectivity index (χ1) is 13.5. The third-order valence-corrected chi connectivity index (χ3v) is 5.58. The Hall–Kier alpha value is -2.89. The molecule has 2 saturated heterocycles. The molecule has 0 aliphatic carbocycles. The minimum absolute atomic E-state index is 0.00363. The summed E-state index contributed by atoms with van der Waals surface area (Å²) in [5, 5.41) is 0. The number of rotatable bonds is 3. The normalized spacial score (nSPS) is 20.0. The molecule has 0 aromatic heterocycles. The fourth-order valence-corrected chi connectivity index (χ4v) is 4.04. The van der Waals surface area contributed by atoms with Crippen molar-refractivity contribution in [2.45, 2.75) is 13.3 Å². The number of aryl methyl sites for hydroxylation is 1. The zero-order valence-corrected chi connectivity index (χ0v) is 16.0. The number of anilines is 2. The first-order valence-electron chi connectivity index (χ1n) is 9.68. The minimum atomic E-state index is -0.435. The summed E-state index contributed by atoms with van der Waals surface area (Å²) in [4.78, 5) is 30.8. The highest BCUT2D eigenvalue weighted by molar-refractivity contribution is 6.00. The van der Waals surface area contributed by atoms with Crippen molar-refractivity contribution in [3.05, 3.63) is 59.9 Å². The van der Waals surface area contributed by atoms with E-state index in [4.69, 9.17) is 0 Å². The second kappa shape index (κ2) is 7.62. The van der Waals surface area contributed by atoms with Crippen LogP contribution in [0.15, 0.2) is 48.5 Å². The van der Waals surface area contributed by atoms with Crippen LogP contribution in [0, 0.1) is 18.7 Å². The van der Waals surface area contributed by atoms with Crippen LogP contribution in [-0.2, 0) is 9.59 Å². The average molecular weight is 381 g/mol. The molecule has 4 rings (SSSR count). The van der Waals surface area contributed by atoms with Crippen LogP contribution >= 0.6 is 0 Å². The van der Waals surface area contributed by atoms with Gasteiger partial charge in [-0.2, -0.15) is 0 Å². The molecule has 0 unspecified atom stereocenters. The van der Waals surface area contributed by atoms with Crippen molar-refractivity contribution in [3.8, 4) is 0 Å². The van der Waals surface area contributed by atoms with E-state index in [1.807, 2.05) is 11.0 Å². The van der Waals surface area contributed by atoms with E-state index in [1.54, 1.807) is 18.2 Å². The predicted octanol–water partition coefficient (Wildman–Crippen LogP) is 2.84. The lowest BCUT2D eigenvalue weighted by molar-refractivity contribution is -0.136. The largest absolute Gasteiger partial charge is 0.368 e. The number of amides is 2. The molecule has 2 amide bonds. The Morgan fingerprint density at radius 1 is 1.04 bits per heavy atom. The molecule has 0 bridgehead atoms. The molecule has 1 atom stereocenters. The van der Waals surface area contributed by atoms with Gasteiger partial charge in [-0.15, -0.1) is 0 Å². The first kappa shape index (κ1) is 18.5. The van der Waals surface area contributed by atoms with E-state index in [0.717, 1.165) is 13.1 Å². The molecule has 0 spiro atoms. The van der Waals surface area contributed by atoms with Gasteiger partial charge < -0.3 is 14.7 Å². The van der Waals surface area contributed by atoms with Crippen molar-refractivity contribution in [2.75, 3.05) is 42.5 Å². The molecule has 2 aliphatic rings. The van der Waals surface area contributed by atoms with E-state index in [0.29, 0.717) is 13.1 Å². The highest BCUT2D eigenvalue weighted by Crippen LogP contribution is 2.28. The van der Waals surface area contributed by atoms with Crippen molar-refractivity contribution in [1.82, 2.24) is 4.90 Å². The maximum Gasteiger partial charge on any atom is 0.228 e. The number of carbonyl (C=O) groups is 2. The van der Waals surface area contributed by atoms with Crippen LogP contribution in [0.25, 0.3) is 0 Å². The van der Waals surface area contributed by atoms with Gasteiger partial charge in [0.05, 0.1) is 11.6 Å². The van der Waals surface area contributed by atoms with Gasteiger partial charge >= 0.3 is 0 Å². The third-order valence-electron chi connectivity index (χ3n) is 5.58. The molecule has 28 heavy (non-hydrogen) atoms. The van der Waals surface area contributed by atoms with Gasteiger partial charge in [0.25, 0.3) is 0 Å². The van der Waals surface area contributed by atoms with E-state index in [1.165, 1.54) is 22.2 Å². The monoisotopic (exact) mass is 381 g/mol. The molecular formula is C22H24FN3O2. The van der Waals surface area contributed by atoms with Crippen LogP contribution in [0.1, 0.15) is 12.0 Å². The zero-order valence-electron chi connectivity index (χ0n) is 16.0. The van der Waals surface area contributed by atoms with Crippen LogP contribution in [0.5, 0.6) is 0 Å². The lowest BCUT2D eigenvalue weighted by Crippen LogP contribution is -2.50. The van der Waals surface area contributed by atoms with Crippen LogP contribution in [0.4, 0.5) is 15.8 Å². The quantitative estimate of drug-likeness (QED) is 0.821. The molecule has 0 saturated carbocycles. The lowest BCUT2D eigenvalue weighted by Gasteiger charge is -2.37. The van der Waals surface area contributed by atoms with Gasteiger partial charge in [-0.3, -0.25) is 9.59 Å². The van der Waals surface area contributed by atoms with Crippen molar-refractivity contribution in [1.29, 1.82) is 0 Å². The van der Waals surface area contributed by atoms with Gasteiger partial charge in [-0.25, -0.2) is 4.39 Å². The highest BCUT2D eigenvalue weighted by atomic mass is 19.1. The van der Waals surface area contributed by atoms with Crippen LogP contribution in [0.3, 0.4) is 0 Å². The van der Waals surface area contributed by atoms with Crippen molar-refractivity contribution in [2.24, 2.45) is 5.92 Å². The van der Waals surface area contributed by atoms with Crippen LogP contribution in [-0.4, -0.2) is 49.4 Å². The smallest absolute Gasteiger partial charge is 0.228 e. The number of hydrogen-bond acceptors (Lipinski definition) is 3. The second-order valence-electron chi connectivity index (χ2n) is 7.51. The molecule has 6 heteroatoms. The van der Waals surface area contributed by atoms with Crippen molar-refractivity contribution < 1.29 is 14.0 Å². The number of hydrogen-bond donors (Lipinski definition) is 0. The third kappa shape index (κ3) is 3.59. The Morgan fingerprint density at radius 3 is 2.50 bits per heavy atom. The summed E-state index contributed by atoms with van der Waals surface area (Å²) in [6, 6.07) is 14.6. The average Bonchev–Trinajstić information content (AvgIpc) is 3.09. The molecule has 0 N–H and O–H groups in total. The minimum Gasteiger partial charge on any atom is -0.368 e. The van der Waals surface area contributed by atoms with Gasteiger partial charge in [-0.05, 0) is 36.8 Å². The standard InChI is InChI=1S/C22H24FN3O2/c1-16-5-4-6-18(13-16)24-9-11-25(12-10-24)22(28)17-14-21(27)26(15-17)20-8-3-2-7-19(20)23/h2-8,13,17H,9-12,14-15H2,1H3/t17-/m0/s1.